The highest BCUT2D eigenvalue weighted by Crippen LogP contribution is 2.49. The number of carboxylic acid groups (broad SMARTS) is 1. The van der Waals surface area contributed by atoms with Crippen LogP contribution >= 0.6 is 0 Å². The summed E-state index contributed by atoms with van der Waals surface area (Å²) in [6, 6.07) is 7.92. The fraction of sp³-hybridized carbons (Fsp3) is 0.444. The van der Waals surface area contributed by atoms with Crippen molar-refractivity contribution in [1.29, 1.82) is 0 Å². The number of carbonyl (C=O) groups excluding carboxylic acids is 1. The molecule has 0 unspecified atom stereocenters. The molecule has 23 heavy (non-hydrogen) atoms. The molecule has 0 radical (unpaired) electrons. The van der Waals surface area contributed by atoms with E-state index in [1.807, 2.05) is 30.5 Å². The van der Waals surface area contributed by atoms with Gasteiger partial charge in [-0.25, -0.2) is 0 Å². The number of benzene rings is 1. The summed E-state index contributed by atoms with van der Waals surface area (Å²) >= 11 is 0. The lowest BCUT2D eigenvalue weighted by atomic mass is 9.81. The Morgan fingerprint density at radius 2 is 2.17 bits per heavy atom. The Balaban J connectivity index is 1.53. The first kappa shape index (κ1) is 14.3. The molecule has 2 fully saturated rings. The van der Waals surface area contributed by atoms with Gasteiger partial charge in [0, 0.05) is 30.2 Å². The first-order valence-electron chi connectivity index (χ1n) is 8.16. The maximum atomic E-state index is 12.7. The number of nitrogens with zero attached hydrogens (tertiary/aromatic N) is 1. The molecule has 5 nitrogen and oxygen atoms in total. The highest BCUT2D eigenvalue weighted by atomic mass is 16.4. The van der Waals surface area contributed by atoms with Crippen LogP contribution in [0, 0.1) is 11.3 Å². The summed E-state index contributed by atoms with van der Waals surface area (Å²) in [7, 11) is 0. The van der Waals surface area contributed by atoms with E-state index >= 15 is 0 Å². The van der Waals surface area contributed by atoms with E-state index in [9.17, 15) is 14.7 Å². The molecule has 2 aromatic rings. The first-order chi connectivity index (χ1) is 11.1. The van der Waals surface area contributed by atoms with E-state index in [2.05, 4.69) is 4.98 Å². The van der Waals surface area contributed by atoms with Gasteiger partial charge >= 0.3 is 5.97 Å². The Labute approximate surface area is 134 Å². The fourth-order valence-corrected chi connectivity index (χ4v) is 4.38. The van der Waals surface area contributed by atoms with Crippen molar-refractivity contribution in [2.24, 2.45) is 11.3 Å². The van der Waals surface area contributed by atoms with Gasteiger partial charge in [-0.3, -0.25) is 9.59 Å². The number of nitrogens with one attached hydrogen (secondary N) is 1. The van der Waals surface area contributed by atoms with Crippen molar-refractivity contribution < 1.29 is 14.7 Å². The lowest BCUT2D eigenvalue weighted by Gasteiger charge is -2.23. The summed E-state index contributed by atoms with van der Waals surface area (Å²) in [4.78, 5) is 29.3. The Bertz CT molecular complexity index is 781. The SMILES string of the molecule is O=C(Cc1c[nH]c2ccccc12)N1C[C@@H]2CCC[C@@]2(C(=O)O)C1. The highest BCUT2D eigenvalue weighted by Gasteiger charge is 2.55. The molecule has 2 N–H and O–H groups in total. The minimum Gasteiger partial charge on any atom is -0.481 e. The van der Waals surface area contributed by atoms with E-state index in [1.165, 1.54) is 0 Å². The lowest BCUT2D eigenvalue weighted by molar-refractivity contribution is -0.149. The molecule has 1 aromatic heterocycles. The fourth-order valence-electron chi connectivity index (χ4n) is 4.38. The zero-order chi connectivity index (χ0) is 16.0. The van der Waals surface area contributed by atoms with Gasteiger partial charge in [0.25, 0.3) is 0 Å². The molecule has 1 saturated carbocycles. The van der Waals surface area contributed by atoms with Crippen molar-refractivity contribution in [3.63, 3.8) is 0 Å². The second kappa shape index (κ2) is 5.11. The van der Waals surface area contributed by atoms with Crippen molar-refractivity contribution in [3.05, 3.63) is 36.0 Å². The first-order valence-corrected chi connectivity index (χ1v) is 8.16. The van der Waals surface area contributed by atoms with Crippen molar-refractivity contribution in [1.82, 2.24) is 9.88 Å². The topological polar surface area (TPSA) is 73.4 Å². The molecule has 1 amide bonds. The van der Waals surface area contributed by atoms with Crippen LogP contribution in [-0.2, 0) is 16.0 Å². The van der Waals surface area contributed by atoms with Crippen LogP contribution in [-0.4, -0.2) is 40.0 Å². The number of carboxylic acids is 1. The summed E-state index contributed by atoms with van der Waals surface area (Å²) in [6.07, 6.45) is 4.79. The van der Waals surface area contributed by atoms with E-state index in [0.29, 0.717) is 25.9 Å². The number of carbonyl (C=O) groups is 2. The molecule has 2 aliphatic rings. The number of para-hydroxylation sites is 1. The lowest BCUT2D eigenvalue weighted by Crippen LogP contribution is -2.37. The Morgan fingerprint density at radius 3 is 2.96 bits per heavy atom. The van der Waals surface area contributed by atoms with Crippen LogP contribution in [0.1, 0.15) is 24.8 Å². The van der Waals surface area contributed by atoms with Crippen LogP contribution in [0.25, 0.3) is 10.9 Å². The number of rotatable bonds is 3. The Kier molecular flexibility index (Phi) is 3.18. The standard InChI is InChI=1S/C18H20N2O3/c21-16(8-12-9-19-15-6-2-1-5-14(12)15)20-10-13-4-3-7-18(13,11-20)17(22)23/h1-2,5-6,9,13,19H,3-4,7-8,10-11H2,(H,22,23)/t13-,18+/m0/s1. The largest absolute Gasteiger partial charge is 0.481 e. The number of aromatic amines is 1. The van der Waals surface area contributed by atoms with Gasteiger partial charge in [0.1, 0.15) is 0 Å². The van der Waals surface area contributed by atoms with Crippen molar-refractivity contribution in [3.8, 4) is 0 Å². The zero-order valence-electron chi connectivity index (χ0n) is 12.9. The summed E-state index contributed by atoms with van der Waals surface area (Å²) in [5.74, 6) is -0.584. The summed E-state index contributed by atoms with van der Waals surface area (Å²) in [5, 5.41) is 10.7. The third kappa shape index (κ3) is 2.14. The second-order valence-electron chi connectivity index (χ2n) is 6.86. The molecule has 0 spiro atoms. The molecular formula is C18H20N2O3. The second-order valence-corrected chi connectivity index (χ2v) is 6.86. The number of fused-ring (bicyclic) bond motifs is 2. The highest BCUT2D eigenvalue weighted by molar-refractivity contribution is 5.89. The maximum absolute atomic E-state index is 12.7. The number of H-pyrrole nitrogens is 1. The van der Waals surface area contributed by atoms with Crippen LogP contribution in [0.5, 0.6) is 0 Å². The van der Waals surface area contributed by atoms with E-state index in [1.54, 1.807) is 4.90 Å². The number of hydrogen-bond acceptors (Lipinski definition) is 2. The maximum Gasteiger partial charge on any atom is 0.311 e. The van der Waals surface area contributed by atoms with Gasteiger partial charge < -0.3 is 15.0 Å². The van der Waals surface area contributed by atoms with Gasteiger partial charge in [-0.05, 0) is 30.4 Å². The van der Waals surface area contributed by atoms with Gasteiger partial charge in [-0.2, -0.15) is 0 Å². The van der Waals surface area contributed by atoms with Gasteiger partial charge in [0.2, 0.25) is 5.91 Å². The third-order valence-corrected chi connectivity index (χ3v) is 5.67. The molecule has 0 bridgehead atoms. The summed E-state index contributed by atoms with van der Waals surface area (Å²) < 4.78 is 0. The zero-order valence-corrected chi connectivity index (χ0v) is 12.9. The van der Waals surface area contributed by atoms with Crippen molar-refractivity contribution >= 4 is 22.8 Å². The molecule has 1 aliphatic carbocycles. The van der Waals surface area contributed by atoms with E-state index in [0.717, 1.165) is 29.3 Å². The van der Waals surface area contributed by atoms with E-state index < -0.39 is 11.4 Å². The normalized spacial score (nSPS) is 26.6. The van der Waals surface area contributed by atoms with Crippen LogP contribution in [0.4, 0.5) is 0 Å². The van der Waals surface area contributed by atoms with Crippen LogP contribution in [0.2, 0.25) is 0 Å². The molecule has 120 valence electrons. The summed E-state index contributed by atoms with van der Waals surface area (Å²) in [6.45, 7) is 0.960. The van der Waals surface area contributed by atoms with Crippen molar-refractivity contribution in [2.75, 3.05) is 13.1 Å². The molecule has 1 aromatic carbocycles. The molecule has 1 aliphatic heterocycles. The average molecular weight is 312 g/mol. The Morgan fingerprint density at radius 1 is 1.35 bits per heavy atom. The number of amides is 1. The molecule has 5 heteroatoms. The third-order valence-electron chi connectivity index (χ3n) is 5.67. The number of aromatic nitrogens is 1. The van der Waals surface area contributed by atoms with Crippen LogP contribution in [0.15, 0.2) is 30.5 Å². The molecule has 1 saturated heterocycles. The monoisotopic (exact) mass is 312 g/mol. The van der Waals surface area contributed by atoms with E-state index in [4.69, 9.17) is 0 Å². The predicted molar refractivity (Wildman–Crippen MR) is 86.0 cm³/mol. The minimum atomic E-state index is -0.734. The van der Waals surface area contributed by atoms with Crippen LogP contribution < -0.4 is 0 Å². The minimum absolute atomic E-state index is 0.0322. The number of hydrogen-bond donors (Lipinski definition) is 2. The average Bonchev–Trinajstić information content (AvgIpc) is 3.19. The van der Waals surface area contributed by atoms with Gasteiger partial charge in [-0.15, -0.1) is 0 Å². The van der Waals surface area contributed by atoms with Gasteiger partial charge in [-0.1, -0.05) is 24.6 Å². The van der Waals surface area contributed by atoms with E-state index in [-0.39, 0.29) is 11.8 Å². The molecule has 2 atom stereocenters. The van der Waals surface area contributed by atoms with Crippen molar-refractivity contribution in [2.45, 2.75) is 25.7 Å². The smallest absolute Gasteiger partial charge is 0.311 e. The van der Waals surface area contributed by atoms with Gasteiger partial charge in [0.15, 0.2) is 0 Å². The molecule has 2 heterocycles. The predicted octanol–water partition coefficient (Wildman–Crippen LogP) is 2.42. The molecule has 4 rings (SSSR count). The van der Waals surface area contributed by atoms with Gasteiger partial charge in [0.05, 0.1) is 11.8 Å². The summed E-state index contributed by atoms with van der Waals surface area (Å²) in [5.41, 5.74) is 1.30. The molecular weight excluding hydrogens is 292 g/mol. The quantitative estimate of drug-likeness (QED) is 0.914. The number of likely N-dealkylation sites (tertiary alicyclic amines) is 1. The number of aliphatic carboxylic acids is 1. The Hall–Kier alpha value is -2.30. The van der Waals surface area contributed by atoms with Crippen LogP contribution in [0.3, 0.4) is 0 Å².